The lowest BCUT2D eigenvalue weighted by Gasteiger charge is -2.31. The minimum atomic E-state index is -1.07. The number of nitrogens with one attached hydrogen (secondary N) is 1. The zero-order chi connectivity index (χ0) is 27.7. The van der Waals surface area contributed by atoms with Crippen molar-refractivity contribution in [2.45, 2.75) is 70.7 Å². The van der Waals surface area contributed by atoms with Gasteiger partial charge in [-0.25, -0.2) is 9.59 Å². The number of amides is 2. The van der Waals surface area contributed by atoms with Gasteiger partial charge in [-0.3, -0.25) is 4.79 Å². The largest absolute Gasteiger partial charge is 0.480 e. The average Bonchev–Trinajstić information content (AvgIpc) is 2.87. The number of hydrogen-bond acceptors (Lipinski definition) is 6. The number of carboxylic acids is 1. The Labute approximate surface area is 215 Å². The van der Waals surface area contributed by atoms with Gasteiger partial charge in [-0.15, -0.1) is 13.2 Å². The highest BCUT2D eigenvalue weighted by molar-refractivity contribution is 5.81. The third-order valence-electron chi connectivity index (χ3n) is 5.35. The van der Waals surface area contributed by atoms with E-state index in [0.29, 0.717) is 25.7 Å². The molecule has 202 valence electrons. The van der Waals surface area contributed by atoms with Crippen molar-refractivity contribution in [1.82, 2.24) is 10.2 Å². The van der Waals surface area contributed by atoms with Crippen LogP contribution in [0.15, 0.2) is 55.6 Å². The molecule has 0 bridgehead atoms. The van der Waals surface area contributed by atoms with E-state index in [0.717, 1.165) is 5.56 Å². The molecule has 0 spiro atoms. The van der Waals surface area contributed by atoms with Crippen LogP contribution in [0.4, 0.5) is 4.79 Å². The Bertz CT molecular complexity index is 815. The topological polar surface area (TPSA) is 142 Å². The molecule has 4 atom stereocenters. The molecule has 5 N–H and O–H groups in total. The summed E-state index contributed by atoms with van der Waals surface area (Å²) < 4.78 is 4.82. The fourth-order valence-corrected chi connectivity index (χ4v) is 2.99. The highest BCUT2D eigenvalue weighted by atomic mass is 16.5. The molecule has 36 heavy (non-hydrogen) atoms. The van der Waals surface area contributed by atoms with Crippen molar-refractivity contribution in [1.29, 1.82) is 0 Å². The second-order valence-electron chi connectivity index (χ2n) is 8.91. The molecule has 0 aromatic heterocycles. The summed E-state index contributed by atoms with van der Waals surface area (Å²) in [6.45, 7) is 13.0. The summed E-state index contributed by atoms with van der Waals surface area (Å²) in [6, 6.07) is 7.50. The van der Waals surface area contributed by atoms with Crippen molar-refractivity contribution in [2.24, 2.45) is 11.7 Å². The van der Waals surface area contributed by atoms with E-state index in [1.54, 1.807) is 19.2 Å². The lowest BCUT2D eigenvalue weighted by Crippen LogP contribution is -2.47. The Morgan fingerprint density at radius 3 is 2.14 bits per heavy atom. The highest BCUT2D eigenvalue weighted by Crippen LogP contribution is 2.20. The Kier molecular flexibility index (Phi) is 16.5. The number of likely N-dealkylation sites (N-methyl/N-ethyl adjacent to an activating group) is 1. The summed E-state index contributed by atoms with van der Waals surface area (Å²) in [5, 5.41) is 21.4. The van der Waals surface area contributed by atoms with Crippen LogP contribution in [0.2, 0.25) is 0 Å². The monoisotopic (exact) mass is 505 g/mol. The van der Waals surface area contributed by atoms with Gasteiger partial charge in [0.25, 0.3) is 0 Å². The Hall–Kier alpha value is -3.17. The molecule has 0 aliphatic rings. The number of nitrogens with two attached hydrogens (primary N) is 1. The normalized spacial score (nSPS) is 13.8. The van der Waals surface area contributed by atoms with E-state index in [9.17, 15) is 19.5 Å². The molecule has 1 aromatic carbocycles. The summed E-state index contributed by atoms with van der Waals surface area (Å²) in [5.41, 5.74) is 6.65. The van der Waals surface area contributed by atoms with Crippen molar-refractivity contribution in [3.8, 4) is 0 Å². The van der Waals surface area contributed by atoms with Crippen molar-refractivity contribution < 1.29 is 29.3 Å². The summed E-state index contributed by atoms with van der Waals surface area (Å²) in [5.74, 6) is -1.00. The SMILES string of the molecule is C=CCC[C@H](N)C(=O)N(C)[C@H](C)[C@H](O)c1ccccc1.C=CCC[C@H](NC(=O)OCC(C)C)C(=O)O. The van der Waals surface area contributed by atoms with E-state index in [2.05, 4.69) is 18.5 Å². The number of alkyl carbamates (subject to hydrolysis) is 1. The number of aliphatic hydroxyl groups is 1. The van der Waals surface area contributed by atoms with Gasteiger partial charge < -0.3 is 30.9 Å². The number of benzene rings is 1. The van der Waals surface area contributed by atoms with Crippen molar-refractivity contribution >= 4 is 18.0 Å². The van der Waals surface area contributed by atoms with Gasteiger partial charge in [-0.2, -0.15) is 0 Å². The maximum atomic E-state index is 12.2. The van der Waals surface area contributed by atoms with Crippen molar-refractivity contribution in [3.05, 3.63) is 61.2 Å². The van der Waals surface area contributed by atoms with Crippen LogP contribution in [-0.4, -0.2) is 64.9 Å². The summed E-state index contributed by atoms with van der Waals surface area (Å²) >= 11 is 0. The van der Waals surface area contributed by atoms with Gasteiger partial charge in [0.1, 0.15) is 6.04 Å². The van der Waals surface area contributed by atoms with Crippen LogP contribution < -0.4 is 11.1 Å². The highest BCUT2D eigenvalue weighted by Gasteiger charge is 2.27. The molecule has 0 fully saturated rings. The number of rotatable bonds is 14. The second-order valence-corrected chi connectivity index (χ2v) is 8.91. The fourth-order valence-electron chi connectivity index (χ4n) is 2.99. The average molecular weight is 506 g/mol. The summed E-state index contributed by atoms with van der Waals surface area (Å²) in [7, 11) is 1.67. The van der Waals surface area contributed by atoms with E-state index < -0.39 is 30.3 Å². The van der Waals surface area contributed by atoms with Crippen molar-refractivity contribution in [3.63, 3.8) is 0 Å². The summed E-state index contributed by atoms with van der Waals surface area (Å²) in [6.07, 6.45) is 4.06. The first-order valence-electron chi connectivity index (χ1n) is 12.1. The number of aliphatic hydroxyl groups excluding tert-OH is 1. The van der Waals surface area contributed by atoms with Gasteiger partial charge in [-0.05, 0) is 44.1 Å². The predicted octanol–water partition coefficient (Wildman–Crippen LogP) is 3.65. The molecule has 0 saturated carbocycles. The Morgan fingerprint density at radius 1 is 1.08 bits per heavy atom. The van der Waals surface area contributed by atoms with Crippen molar-refractivity contribution in [2.75, 3.05) is 13.7 Å². The standard InChI is InChI=1S/C16H24N2O2.C11H19NO4/c1-4-5-11-14(17)16(20)18(3)12(2)15(19)13-9-7-6-8-10-13;1-4-5-6-9(10(13)14)12-11(15)16-7-8(2)3/h4,6-10,12,14-15,19H,1,5,11,17H2,2-3H3;4,8-9H,1,5-7H2,2-3H3,(H,12,15)(H,13,14)/t12-,14+,15+;9-/m10/s1. The molecular formula is C27H43N3O6. The van der Waals surface area contributed by atoms with Crippen LogP contribution in [0.1, 0.15) is 58.1 Å². The Morgan fingerprint density at radius 2 is 1.64 bits per heavy atom. The lowest BCUT2D eigenvalue weighted by molar-refractivity contribution is -0.139. The van der Waals surface area contributed by atoms with Crippen LogP contribution >= 0.6 is 0 Å². The molecule has 0 heterocycles. The van der Waals surface area contributed by atoms with Crippen LogP contribution in [0, 0.1) is 5.92 Å². The van der Waals surface area contributed by atoms with Gasteiger partial charge >= 0.3 is 12.1 Å². The molecule has 9 nitrogen and oxygen atoms in total. The molecule has 0 unspecified atom stereocenters. The number of aliphatic carboxylic acids is 1. The quantitative estimate of drug-likeness (QED) is 0.283. The predicted molar refractivity (Wildman–Crippen MR) is 141 cm³/mol. The molecule has 2 amide bonds. The van der Waals surface area contributed by atoms with Crippen LogP contribution in [0.25, 0.3) is 0 Å². The molecule has 1 aromatic rings. The minimum Gasteiger partial charge on any atom is -0.480 e. The number of hydrogen-bond donors (Lipinski definition) is 4. The minimum absolute atomic E-state index is 0.158. The number of carbonyl (C=O) groups excluding carboxylic acids is 2. The number of allylic oxidation sites excluding steroid dienone is 2. The van der Waals surface area contributed by atoms with Gasteiger partial charge in [0.15, 0.2) is 0 Å². The lowest BCUT2D eigenvalue weighted by atomic mass is 10.0. The first-order valence-corrected chi connectivity index (χ1v) is 12.1. The molecule has 1 rings (SSSR count). The summed E-state index contributed by atoms with van der Waals surface area (Å²) in [4.78, 5) is 35.7. The molecule has 0 aliphatic carbocycles. The molecular weight excluding hydrogens is 462 g/mol. The maximum absolute atomic E-state index is 12.2. The van der Waals surface area contributed by atoms with Crippen LogP contribution in [0.3, 0.4) is 0 Å². The van der Waals surface area contributed by atoms with Gasteiger partial charge in [0.05, 0.1) is 24.8 Å². The number of carbonyl (C=O) groups is 3. The third-order valence-corrected chi connectivity index (χ3v) is 5.35. The van der Waals surface area contributed by atoms with Gasteiger partial charge in [0.2, 0.25) is 5.91 Å². The maximum Gasteiger partial charge on any atom is 0.407 e. The molecule has 9 heteroatoms. The number of ether oxygens (including phenoxy) is 1. The van der Waals surface area contributed by atoms with E-state index in [1.807, 2.05) is 51.1 Å². The first kappa shape index (κ1) is 32.8. The van der Waals surface area contributed by atoms with Gasteiger partial charge in [-0.1, -0.05) is 56.3 Å². The third kappa shape index (κ3) is 13.1. The number of nitrogens with zero attached hydrogens (tertiary/aromatic N) is 1. The first-order chi connectivity index (χ1) is 17.0. The smallest absolute Gasteiger partial charge is 0.407 e. The molecule has 0 radical (unpaired) electrons. The molecule has 0 saturated heterocycles. The zero-order valence-electron chi connectivity index (χ0n) is 21.9. The van der Waals surface area contributed by atoms with Crippen LogP contribution in [0.5, 0.6) is 0 Å². The van der Waals surface area contributed by atoms with Crippen LogP contribution in [-0.2, 0) is 14.3 Å². The zero-order valence-corrected chi connectivity index (χ0v) is 21.9. The molecule has 0 aliphatic heterocycles. The van der Waals surface area contributed by atoms with E-state index in [-0.39, 0.29) is 24.5 Å². The van der Waals surface area contributed by atoms with E-state index >= 15 is 0 Å². The fraction of sp³-hybridized carbons (Fsp3) is 0.519. The second kappa shape index (κ2) is 18.1. The number of carboxylic acid groups (broad SMARTS) is 1. The van der Waals surface area contributed by atoms with E-state index in [1.165, 1.54) is 4.90 Å². The van der Waals surface area contributed by atoms with E-state index in [4.69, 9.17) is 15.6 Å². The Balaban J connectivity index is 0.000000700. The van der Waals surface area contributed by atoms with Gasteiger partial charge in [0, 0.05) is 7.05 Å².